The summed E-state index contributed by atoms with van der Waals surface area (Å²) in [7, 11) is 0. The molecule has 1 unspecified atom stereocenters. The summed E-state index contributed by atoms with van der Waals surface area (Å²) in [5.41, 5.74) is 0. The van der Waals surface area contributed by atoms with E-state index in [2.05, 4.69) is 6.07 Å². The Kier molecular flexibility index (Phi) is 2.56. The van der Waals surface area contributed by atoms with Gasteiger partial charge in [-0.15, -0.1) is 0 Å². The van der Waals surface area contributed by atoms with Crippen LogP contribution in [-0.4, -0.2) is 23.4 Å². The number of rotatable bonds is 2. The maximum absolute atomic E-state index is 11.6. The molecule has 0 spiro atoms. The topological polar surface area (TPSA) is 44.1 Å². The Morgan fingerprint density at radius 3 is 3.38 bits per heavy atom. The van der Waals surface area contributed by atoms with E-state index in [1.165, 1.54) is 0 Å². The van der Waals surface area contributed by atoms with E-state index in [1.807, 2.05) is 0 Å². The zero-order chi connectivity index (χ0) is 11.3. The molecule has 1 amide bonds. The zero-order valence-corrected chi connectivity index (χ0v) is 7.49. The smallest absolute Gasteiger partial charge is 0.246 e. The van der Waals surface area contributed by atoms with E-state index >= 15 is 0 Å². The number of carbonyl (C=O) groups excluding carboxylic acids is 1. The maximum atomic E-state index is 11.6. The van der Waals surface area contributed by atoms with E-state index in [-0.39, 0.29) is 11.9 Å². The van der Waals surface area contributed by atoms with E-state index in [0.29, 0.717) is 13.0 Å². The van der Waals surface area contributed by atoms with Crippen molar-refractivity contribution in [3.8, 4) is 6.07 Å². The van der Waals surface area contributed by atoms with Gasteiger partial charge < -0.3 is 4.90 Å². The zero-order valence-electron chi connectivity index (χ0n) is 9.49. The van der Waals surface area contributed by atoms with Gasteiger partial charge in [-0.05, 0) is 25.3 Å². The Morgan fingerprint density at radius 1 is 1.85 bits per heavy atom. The first-order valence-corrected chi connectivity index (χ1v) is 4.47. The number of nitriles is 1. The van der Waals surface area contributed by atoms with Gasteiger partial charge in [-0.3, -0.25) is 4.79 Å². The number of likely N-dealkylation sites (tertiary alicyclic amines) is 1. The Hall–Kier alpha value is -1.30. The highest BCUT2D eigenvalue weighted by molar-refractivity contribution is 5.87. The second-order valence-electron chi connectivity index (χ2n) is 3.19. The second kappa shape index (κ2) is 4.66. The van der Waals surface area contributed by atoms with Crippen LogP contribution in [0, 0.1) is 11.3 Å². The summed E-state index contributed by atoms with van der Waals surface area (Å²) in [5.74, 6) is -0.310. The van der Waals surface area contributed by atoms with Crippen molar-refractivity contribution in [1.29, 1.82) is 5.26 Å². The van der Waals surface area contributed by atoms with Crippen molar-refractivity contribution in [3.05, 3.63) is 12.6 Å². The number of nitrogens with zero attached hydrogens (tertiary/aromatic N) is 2. The van der Waals surface area contributed by atoms with Crippen molar-refractivity contribution in [2.24, 2.45) is 0 Å². The van der Waals surface area contributed by atoms with Crippen LogP contribution in [0.3, 0.4) is 0 Å². The lowest BCUT2D eigenvalue weighted by molar-refractivity contribution is -0.129. The molecule has 0 saturated carbocycles. The molecular formula is C10H14N2O. The third-order valence-corrected chi connectivity index (χ3v) is 2.36. The van der Waals surface area contributed by atoms with Crippen LogP contribution in [0.4, 0.5) is 0 Å². The molecule has 0 bridgehead atoms. The quantitative estimate of drug-likeness (QED) is 0.604. The molecule has 1 fully saturated rings. The summed E-state index contributed by atoms with van der Waals surface area (Å²) in [6, 6.07) is 2.03. The molecule has 1 rings (SSSR count). The molecule has 0 aromatic rings. The van der Waals surface area contributed by atoms with Crippen LogP contribution >= 0.6 is 0 Å². The summed E-state index contributed by atoms with van der Waals surface area (Å²) >= 11 is 0. The predicted molar refractivity (Wildman–Crippen MR) is 49.8 cm³/mol. The third kappa shape index (κ3) is 2.32. The first kappa shape index (κ1) is 7.14. The molecule has 0 aromatic carbocycles. The maximum Gasteiger partial charge on any atom is 0.246 e. The summed E-state index contributed by atoms with van der Waals surface area (Å²) in [6.07, 6.45) is 4.15. The number of hydrogen-bond acceptors (Lipinski definition) is 2. The molecular weight excluding hydrogens is 164 g/mol. The Labute approximate surface area is 81.5 Å². The molecule has 1 saturated heterocycles. The van der Waals surface area contributed by atoms with Crippen LogP contribution in [0.25, 0.3) is 0 Å². The minimum Gasteiger partial charge on any atom is -0.335 e. The Bertz CT molecular complexity index is 305. The van der Waals surface area contributed by atoms with Gasteiger partial charge in [0, 0.05) is 12.6 Å². The summed E-state index contributed by atoms with van der Waals surface area (Å²) < 4.78 is 13.8. The molecule has 1 aliphatic rings. The Morgan fingerprint density at radius 2 is 2.69 bits per heavy atom. The van der Waals surface area contributed by atoms with Gasteiger partial charge in [-0.2, -0.15) is 5.26 Å². The monoisotopic (exact) mass is 180 g/mol. The molecule has 1 heterocycles. The molecule has 3 heteroatoms. The second-order valence-corrected chi connectivity index (χ2v) is 3.19. The molecule has 1 atom stereocenters. The lowest BCUT2D eigenvalue weighted by Gasteiger charge is -2.33. The molecule has 0 aliphatic carbocycles. The molecule has 0 N–H and O–H groups in total. The van der Waals surface area contributed by atoms with Crippen LogP contribution in [-0.2, 0) is 4.79 Å². The van der Waals surface area contributed by atoms with Crippen molar-refractivity contribution >= 4 is 5.91 Å². The van der Waals surface area contributed by atoms with Crippen molar-refractivity contribution in [1.82, 2.24) is 4.90 Å². The van der Waals surface area contributed by atoms with E-state index in [1.54, 1.807) is 4.90 Å². The van der Waals surface area contributed by atoms with Gasteiger partial charge >= 0.3 is 0 Å². The number of hydrogen-bond donors (Lipinski definition) is 0. The molecule has 70 valence electrons. The van der Waals surface area contributed by atoms with E-state index in [0.717, 1.165) is 25.3 Å². The first-order chi connectivity index (χ1) is 7.15. The van der Waals surface area contributed by atoms with Gasteiger partial charge in [0.05, 0.1) is 15.2 Å². The molecule has 0 radical (unpaired) electrons. The summed E-state index contributed by atoms with van der Waals surface area (Å²) in [5, 5.41) is 8.62. The van der Waals surface area contributed by atoms with Crippen molar-refractivity contribution in [3.63, 3.8) is 0 Å². The Balaban J connectivity index is 2.68. The predicted octanol–water partition coefficient (Wildman–Crippen LogP) is 1.47. The van der Waals surface area contributed by atoms with Crippen LogP contribution in [0.5, 0.6) is 0 Å². The van der Waals surface area contributed by atoms with Crippen LogP contribution < -0.4 is 0 Å². The average molecular weight is 180 g/mol. The van der Waals surface area contributed by atoms with Gasteiger partial charge in [0.1, 0.15) is 0 Å². The first-order valence-electron chi connectivity index (χ1n) is 5.47. The van der Waals surface area contributed by atoms with Crippen LogP contribution in [0.2, 0.25) is 0 Å². The molecule has 3 nitrogen and oxygen atoms in total. The number of carbonyl (C=O) groups is 1. The van der Waals surface area contributed by atoms with Gasteiger partial charge in [0.2, 0.25) is 5.91 Å². The van der Waals surface area contributed by atoms with Crippen LogP contribution in [0.1, 0.15) is 28.4 Å². The van der Waals surface area contributed by atoms with E-state index in [4.69, 9.17) is 8.00 Å². The fourth-order valence-corrected chi connectivity index (χ4v) is 1.69. The number of piperidine rings is 1. The van der Waals surface area contributed by atoms with E-state index < -0.39 is 6.53 Å². The lowest BCUT2D eigenvalue weighted by Crippen LogP contribution is -2.42. The highest BCUT2D eigenvalue weighted by Gasteiger charge is 2.24. The SMILES string of the molecule is [2H]C([2H])=CC(=O)N1CCCCC1CC#N. The third-order valence-electron chi connectivity index (χ3n) is 2.36. The molecule has 0 aromatic heterocycles. The highest BCUT2D eigenvalue weighted by atomic mass is 16.2. The van der Waals surface area contributed by atoms with Crippen LogP contribution in [0.15, 0.2) is 12.6 Å². The van der Waals surface area contributed by atoms with Gasteiger partial charge in [0.25, 0.3) is 0 Å². The minimum atomic E-state index is -0.485. The lowest BCUT2D eigenvalue weighted by atomic mass is 10.00. The van der Waals surface area contributed by atoms with Gasteiger partial charge in [-0.1, -0.05) is 6.53 Å². The summed E-state index contributed by atoms with van der Waals surface area (Å²) in [6.45, 7) is 0.149. The molecule has 1 aliphatic heterocycles. The highest BCUT2D eigenvalue weighted by Crippen LogP contribution is 2.19. The number of amides is 1. The average Bonchev–Trinajstić information content (AvgIpc) is 2.18. The van der Waals surface area contributed by atoms with Crippen molar-refractivity contribution in [2.45, 2.75) is 31.7 Å². The largest absolute Gasteiger partial charge is 0.335 e. The normalized spacial score (nSPS) is 23.9. The standard InChI is InChI=1S/C10H14N2O/c1-2-10(13)12-8-4-3-5-9(12)6-7-11/h2,9H,1,3-6,8H2/i1D2. The fourth-order valence-electron chi connectivity index (χ4n) is 1.69. The minimum absolute atomic E-state index is 0.0353. The van der Waals surface area contributed by atoms with Crippen molar-refractivity contribution in [2.75, 3.05) is 6.54 Å². The fraction of sp³-hybridized carbons (Fsp3) is 0.600. The molecule has 13 heavy (non-hydrogen) atoms. The van der Waals surface area contributed by atoms with E-state index in [9.17, 15) is 4.79 Å². The van der Waals surface area contributed by atoms with Gasteiger partial charge in [0.15, 0.2) is 0 Å². The summed E-state index contributed by atoms with van der Waals surface area (Å²) in [4.78, 5) is 13.2. The van der Waals surface area contributed by atoms with Gasteiger partial charge in [-0.25, -0.2) is 0 Å². The van der Waals surface area contributed by atoms with Crippen molar-refractivity contribution < 1.29 is 7.54 Å².